The third-order valence-electron chi connectivity index (χ3n) is 3.70. The number of Topliss-reactive ketones (excluding diaryl/α,β-unsaturated/α-hetero) is 1. The molecular formula is C14H20N6O3S. The summed E-state index contributed by atoms with van der Waals surface area (Å²) in [5.41, 5.74) is 4.37. The lowest BCUT2D eigenvalue weighted by molar-refractivity contribution is 0.0992. The second-order valence-corrected chi connectivity index (χ2v) is 7.01. The number of aromatic nitrogens is 5. The minimum absolute atomic E-state index is 0.133. The fourth-order valence-corrected chi connectivity index (χ4v) is 3.19. The average molecular weight is 352 g/mol. The Bertz CT molecular complexity index is 895. The molecule has 0 spiro atoms. The first-order valence-corrected chi connectivity index (χ1v) is 8.20. The summed E-state index contributed by atoms with van der Waals surface area (Å²) >= 11 is 1.19. The van der Waals surface area contributed by atoms with E-state index in [2.05, 4.69) is 10.2 Å². The van der Waals surface area contributed by atoms with Crippen LogP contribution in [-0.2, 0) is 14.1 Å². The Morgan fingerprint density at radius 2 is 1.83 bits per heavy atom. The van der Waals surface area contributed by atoms with Gasteiger partial charge in [0, 0.05) is 20.1 Å². The van der Waals surface area contributed by atoms with Gasteiger partial charge in [-0.1, -0.05) is 11.8 Å². The first-order valence-electron chi connectivity index (χ1n) is 7.32. The van der Waals surface area contributed by atoms with E-state index in [1.54, 1.807) is 13.3 Å². The molecule has 0 amide bonds. The van der Waals surface area contributed by atoms with E-state index in [9.17, 15) is 14.4 Å². The van der Waals surface area contributed by atoms with Gasteiger partial charge in [-0.2, -0.15) is 0 Å². The van der Waals surface area contributed by atoms with Gasteiger partial charge in [0.15, 0.2) is 10.9 Å². The van der Waals surface area contributed by atoms with Gasteiger partial charge in [0.2, 0.25) is 0 Å². The molecule has 0 aliphatic carbocycles. The van der Waals surface area contributed by atoms with Crippen molar-refractivity contribution in [1.82, 2.24) is 23.9 Å². The van der Waals surface area contributed by atoms with Gasteiger partial charge in [-0.15, -0.1) is 10.2 Å². The second-order valence-electron chi connectivity index (χ2n) is 5.70. The molecule has 0 saturated carbocycles. The highest BCUT2D eigenvalue weighted by atomic mass is 32.2. The van der Waals surface area contributed by atoms with E-state index in [1.807, 2.05) is 18.4 Å². The highest BCUT2D eigenvalue weighted by Gasteiger charge is 2.26. The van der Waals surface area contributed by atoms with E-state index < -0.39 is 22.3 Å². The maximum Gasteiger partial charge on any atom is 0.332 e. The van der Waals surface area contributed by atoms with Crippen molar-refractivity contribution in [3.63, 3.8) is 0 Å². The molecular weight excluding hydrogens is 332 g/mol. The van der Waals surface area contributed by atoms with Gasteiger partial charge in [-0.3, -0.25) is 18.7 Å². The van der Waals surface area contributed by atoms with Crippen molar-refractivity contribution in [2.75, 3.05) is 5.73 Å². The number of ketones is 1. The standard InChI is InChI=1S/C14H20N6O3S/c1-7(2)20-6-16-17-13(20)24-8(3)10(21)9-11(15)18(4)14(23)19(5)12(9)22/h6-8H,15H2,1-5H3/t8-/m1/s1. The minimum atomic E-state index is -0.696. The number of carbonyl (C=O) groups is 1. The molecule has 10 heteroatoms. The number of thioether (sulfide) groups is 1. The van der Waals surface area contributed by atoms with Gasteiger partial charge >= 0.3 is 5.69 Å². The molecule has 0 radical (unpaired) electrons. The fourth-order valence-electron chi connectivity index (χ4n) is 2.18. The van der Waals surface area contributed by atoms with Crippen molar-refractivity contribution < 1.29 is 4.79 Å². The van der Waals surface area contributed by atoms with Gasteiger partial charge in [0.05, 0.1) is 5.25 Å². The third kappa shape index (κ3) is 3.01. The van der Waals surface area contributed by atoms with Gasteiger partial charge in [-0.25, -0.2) is 4.79 Å². The largest absolute Gasteiger partial charge is 0.384 e. The summed E-state index contributed by atoms with van der Waals surface area (Å²) in [5, 5.41) is 7.81. The molecule has 2 aromatic heterocycles. The Labute approximate surface area is 142 Å². The van der Waals surface area contributed by atoms with E-state index in [1.165, 1.54) is 25.9 Å². The number of nitrogens with two attached hydrogens (primary N) is 1. The fraction of sp³-hybridized carbons (Fsp3) is 0.500. The summed E-state index contributed by atoms with van der Waals surface area (Å²) in [6.07, 6.45) is 1.59. The van der Waals surface area contributed by atoms with Crippen LogP contribution in [-0.4, -0.2) is 34.9 Å². The van der Waals surface area contributed by atoms with E-state index in [-0.39, 0.29) is 17.4 Å². The van der Waals surface area contributed by atoms with Crippen LogP contribution in [0.25, 0.3) is 0 Å². The summed E-state index contributed by atoms with van der Waals surface area (Å²) in [7, 11) is 2.73. The van der Waals surface area contributed by atoms with Crippen LogP contribution in [0.15, 0.2) is 21.1 Å². The number of rotatable bonds is 5. The predicted molar refractivity (Wildman–Crippen MR) is 91.4 cm³/mol. The van der Waals surface area contributed by atoms with E-state index in [0.29, 0.717) is 5.16 Å². The number of hydrogen-bond donors (Lipinski definition) is 1. The van der Waals surface area contributed by atoms with Gasteiger partial charge in [-0.05, 0) is 20.8 Å². The van der Waals surface area contributed by atoms with E-state index in [0.717, 1.165) is 9.13 Å². The smallest absolute Gasteiger partial charge is 0.332 e. The predicted octanol–water partition coefficient (Wildman–Crippen LogP) is 0.202. The minimum Gasteiger partial charge on any atom is -0.384 e. The maximum atomic E-state index is 12.7. The highest BCUT2D eigenvalue weighted by molar-refractivity contribution is 8.00. The Morgan fingerprint density at radius 1 is 1.21 bits per heavy atom. The highest BCUT2D eigenvalue weighted by Crippen LogP contribution is 2.26. The van der Waals surface area contributed by atoms with Crippen molar-refractivity contribution in [3.05, 3.63) is 32.7 Å². The van der Waals surface area contributed by atoms with Crippen LogP contribution in [0.1, 0.15) is 37.2 Å². The number of nitrogens with zero attached hydrogens (tertiary/aromatic N) is 5. The Kier molecular flexibility index (Phi) is 4.97. The number of hydrogen-bond acceptors (Lipinski definition) is 7. The van der Waals surface area contributed by atoms with Gasteiger partial charge < -0.3 is 10.3 Å². The lowest BCUT2D eigenvalue weighted by atomic mass is 10.1. The summed E-state index contributed by atoms with van der Waals surface area (Å²) in [6, 6.07) is 0.139. The quantitative estimate of drug-likeness (QED) is 0.603. The Hall–Kier alpha value is -2.36. The first kappa shape index (κ1) is 18.0. The van der Waals surface area contributed by atoms with Crippen molar-refractivity contribution in [1.29, 1.82) is 0 Å². The molecule has 1 atom stereocenters. The normalized spacial score (nSPS) is 12.6. The molecule has 130 valence electrons. The topological polar surface area (TPSA) is 118 Å². The molecule has 2 heterocycles. The number of nitrogen functional groups attached to an aromatic ring is 1. The monoisotopic (exact) mass is 352 g/mol. The lowest BCUT2D eigenvalue weighted by Crippen LogP contribution is -2.42. The molecule has 0 aliphatic heterocycles. The average Bonchev–Trinajstić information content (AvgIpc) is 2.99. The molecule has 2 N–H and O–H groups in total. The zero-order chi connectivity index (χ0) is 18.2. The van der Waals surface area contributed by atoms with Crippen LogP contribution in [0.4, 0.5) is 5.82 Å². The Morgan fingerprint density at radius 3 is 2.42 bits per heavy atom. The zero-order valence-corrected chi connectivity index (χ0v) is 15.0. The summed E-state index contributed by atoms with van der Waals surface area (Å²) in [6.45, 7) is 5.61. The first-order chi connectivity index (χ1) is 11.2. The van der Waals surface area contributed by atoms with Gasteiger partial charge in [0.25, 0.3) is 5.56 Å². The molecule has 2 rings (SSSR count). The van der Waals surface area contributed by atoms with Crippen LogP contribution in [0.2, 0.25) is 0 Å². The SMILES string of the molecule is CC(C)n1cnnc1S[C@H](C)C(=O)c1c(N)n(C)c(=O)n(C)c1=O. The molecule has 0 unspecified atom stereocenters. The molecule has 0 bridgehead atoms. The summed E-state index contributed by atoms with van der Waals surface area (Å²) < 4.78 is 3.79. The van der Waals surface area contributed by atoms with Crippen LogP contribution < -0.4 is 17.0 Å². The van der Waals surface area contributed by atoms with Crippen LogP contribution in [0, 0.1) is 0 Å². The van der Waals surface area contributed by atoms with E-state index >= 15 is 0 Å². The van der Waals surface area contributed by atoms with Crippen LogP contribution >= 0.6 is 11.8 Å². The molecule has 0 saturated heterocycles. The van der Waals surface area contributed by atoms with Crippen molar-refractivity contribution in [3.8, 4) is 0 Å². The summed E-state index contributed by atoms with van der Waals surface area (Å²) in [5.74, 6) is -0.585. The van der Waals surface area contributed by atoms with Crippen LogP contribution in [0.5, 0.6) is 0 Å². The third-order valence-corrected chi connectivity index (χ3v) is 4.78. The molecule has 0 aromatic carbocycles. The molecule has 0 aliphatic rings. The molecule has 2 aromatic rings. The maximum absolute atomic E-state index is 12.7. The van der Waals surface area contributed by atoms with Crippen molar-refractivity contribution >= 4 is 23.4 Å². The Balaban J connectivity index is 2.41. The zero-order valence-electron chi connectivity index (χ0n) is 14.2. The lowest BCUT2D eigenvalue weighted by Gasteiger charge is -2.15. The molecule has 0 fully saturated rings. The number of carbonyl (C=O) groups excluding carboxylic acids is 1. The molecule has 9 nitrogen and oxygen atoms in total. The van der Waals surface area contributed by atoms with E-state index in [4.69, 9.17) is 5.73 Å². The summed E-state index contributed by atoms with van der Waals surface area (Å²) in [4.78, 5) is 36.9. The van der Waals surface area contributed by atoms with Gasteiger partial charge in [0.1, 0.15) is 17.7 Å². The van der Waals surface area contributed by atoms with Crippen molar-refractivity contribution in [2.45, 2.75) is 37.2 Å². The molecule has 24 heavy (non-hydrogen) atoms. The number of anilines is 1. The van der Waals surface area contributed by atoms with Crippen molar-refractivity contribution in [2.24, 2.45) is 14.1 Å². The van der Waals surface area contributed by atoms with Crippen LogP contribution in [0.3, 0.4) is 0 Å². The second kappa shape index (κ2) is 6.63.